The average molecular weight is 320 g/mol. The largest absolute Gasteiger partial charge is 0.439 e. The first-order valence-electron chi connectivity index (χ1n) is 7.57. The Hall–Kier alpha value is -2.38. The average Bonchev–Trinajstić information content (AvgIpc) is 2.98. The lowest BCUT2D eigenvalue weighted by Crippen LogP contribution is -2.41. The van der Waals surface area contributed by atoms with Gasteiger partial charge in [-0.1, -0.05) is 0 Å². The maximum Gasteiger partial charge on any atom is 0.410 e. The minimum atomic E-state index is -0.604. The fourth-order valence-electron chi connectivity index (χ4n) is 3.26. The van der Waals surface area contributed by atoms with Crippen molar-refractivity contribution in [1.82, 2.24) is 19.4 Å². The third kappa shape index (κ3) is 2.80. The Bertz CT molecular complexity index is 729. The Balaban J connectivity index is 1.71. The number of carbonyl (C=O) groups excluding carboxylic acids is 2. The molecule has 3 rings (SSSR count). The number of likely N-dealkylation sites (tertiary alicyclic amines) is 1. The monoisotopic (exact) mass is 320 g/mol. The minimum Gasteiger partial charge on any atom is -0.439 e. The molecule has 0 aromatic carbocycles. The van der Waals surface area contributed by atoms with Crippen molar-refractivity contribution in [2.75, 3.05) is 26.7 Å². The topological polar surface area (TPSA) is 84.7 Å². The van der Waals surface area contributed by atoms with Gasteiger partial charge < -0.3 is 14.5 Å². The summed E-state index contributed by atoms with van der Waals surface area (Å²) in [6.45, 7) is 4.86. The third-order valence-electron chi connectivity index (χ3n) is 4.45. The first-order valence-corrected chi connectivity index (χ1v) is 7.57. The highest BCUT2D eigenvalue weighted by atomic mass is 16.6. The molecule has 1 aromatic heterocycles. The van der Waals surface area contributed by atoms with Crippen LogP contribution in [0.2, 0.25) is 0 Å². The van der Waals surface area contributed by atoms with Gasteiger partial charge in [-0.2, -0.15) is 4.98 Å². The fraction of sp³-hybridized carbons (Fsp3) is 0.600. The van der Waals surface area contributed by atoms with Gasteiger partial charge in [0.15, 0.2) is 5.60 Å². The van der Waals surface area contributed by atoms with Gasteiger partial charge >= 0.3 is 11.8 Å². The van der Waals surface area contributed by atoms with Gasteiger partial charge in [0.25, 0.3) is 0 Å². The molecule has 2 saturated heterocycles. The Morgan fingerprint density at radius 3 is 2.70 bits per heavy atom. The molecule has 2 fully saturated rings. The number of hydrogen-bond donors (Lipinski definition) is 0. The first-order chi connectivity index (χ1) is 10.8. The highest BCUT2D eigenvalue weighted by Gasteiger charge is 2.49. The summed E-state index contributed by atoms with van der Waals surface area (Å²) in [5.74, 6) is -0.164. The quantitative estimate of drug-likeness (QED) is 0.760. The summed E-state index contributed by atoms with van der Waals surface area (Å²) >= 11 is 0. The van der Waals surface area contributed by atoms with Crippen LogP contribution >= 0.6 is 0 Å². The van der Waals surface area contributed by atoms with E-state index < -0.39 is 11.3 Å². The predicted molar refractivity (Wildman–Crippen MR) is 81.0 cm³/mol. The molecule has 8 nitrogen and oxygen atoms in total. The van der Waals surface area contributed by atoms with Gasteiger partial charge in [0.05, 0.1) is 13.1 Å². The van der Waals surface area contributed by atoms with Crippen LogP contribution in [0.4, 0.5) is 4.79 Å². The molecule has 0 bridgehead atoms. The van der Waals surface area contributed by atoms with Crippen molar-refractivity contribution in [1.29, 1.82) is 0 Å². The van der Waals surface area contributed by atoms with Crippen LogP contribution in [0.5, 0.6) is 0 Å². The van der Waals surface area contributed by atoms with Crippen molar-refractivity contribution in [2.45, 2.75) is 32.4 Å². The van der Waals surface area contributed by atoms with Crippen molar-refractivity contribution < 1.29 is 14.3 Å². The van der Waals surface area contributed by atoms with E-state index in [-0.39, 0.29) is 18.5 Å². The zero-order chi connectivity index (χ0) is 16.8. The molecule has 8 heteroatoms. The van der Waals surface area contributed by atoms with Crippen LogP contribution in [-0.4, -0.2) is 63.6 Å². The lowest BCUT2D eigenvalue weighted by molar-refractivity contribution is -0.131. The zero-order valence-electron chi connectivity index (χ0n) is 13.5. The van der Waals surface area contributed by atoms with Gasteiger partial charge in [0, 0.05) is 31.4 Å². The number of nitrogens with zero attached hydrogens (tertiary/aromatic N) is 4. The maximum absolute atomic E-state index is 12.5. The van der Waals surface area contributed by atoms with Crippen LogP contribution in [0.3, 0.4) is 0 Å². The molecule has 3 heterocycles. The highest BCUT2D eigenvalue weighted by Crippen LogP contribution is 2.31. The maximum atomic E-state index is 12.5. The van der Waals surface area contributed by atoms with Crippen molar-refractivity contribution in [3.8, 4) is 0 Å². The summed E-state index contributed by atoms with van der Waals surface area (Å²) in [6.07, 6.45) is 0.267. The van der Waals surface area contributed by atoms with E-state index in [0.717, 1.165) is 0 Å². The summed E-state index contributed by atoms with van der Waals surface area (Å²) in [7, 11) is 1.68. The van der Waals surface area contributed by atoms with E-state index >= 15 is 0 Å². The molecule has 1 atom stereocenters. The Labute approximate surface area is 133 Å². The van der Waals surface area contributed by atoms with Crippen molar-refractivity contribution in [3.63, 3.8) is 0 Å². The van der Waals surface area contributed by atoms with Crippen LogP contribution < -0.4 is 5.69 Å². The Kier molecular flexibility index (Phi) is 3.62. The molecule has 2 aliphatic heterocycles. The molecule has 0 aliphatic carbocycles. The van der Waals surface area contributed by atoms with Crippen LogP contribution in [0.15, 0.2) is 10.9 Å². The number of aryl methyl sites for hydroxylation is 2. The Morgan fingerprint density at radius 1 is 1.35 bits per heavy atom. The van der Waals surface area contributed by atoms with E-state index in [2.05, 4.69) is 4.98 Å². The second-order valence-corrected chi connectivity index (χ2v) is 6.38. The molecular formula is C15H20N4O4. The van der Waals surface area contributed by atoms with E-state index in [9.17, 15) is 14.4 Å². The van der Waals surface area contributed by atoms with E-state index in [1.807, 2.05) is 0 Å². The zero-order valence-corrected chi connectivity index (χ0v) is 13.5. The van der Waals surface area contributed by atoms with Crippen molar-refractivity contribution in [2.24, 2.45) is 0 Å². The van der Waals surface area contributed by atoms with Crippen molar-refractivity contribution >= 4 is 12.0 Å². The van der Waals surface area contributed by atoms with Gasteiger partial charge in [-0.25, -0.2) is 9.59 Å². The number of likely N-dealkylation sites (N-methyl/N-ethyl adjacent to an activating group) is 1. The predicted octanol–water partition coefficient (Wildman–Crippen LogP) is -0.0868. The number of ether oxygens (including phenoxy) is 1. The number of carbonyl (C=O) groups is 2. The van der Waals surface area contributed by atoms with Gasteiger partial charge in [0.1, 0.15) is 6.54 Å². The fourth-order valence-corrected chi connectivity index (χ4v) is 3.26. The SMILES string of the molecule is Cc1cc(C)n(CC(=O)N2CCC3(CN(C)C(=O)O3)C2)c(=O)n1. The van der Waals surface area contributed by atoms with Crippen molar-refractivity contribution in [3.05, 3.63) is 27.9 Å². The first kappa shape index (κ1) is 15.5. The van der Waals surface area contributed by atoms with Gasteiger partial charge in [-0.15, -0.1) is 0 Å². The Morgan fingerprint density at radius 2 is 2.09 bits per heavy atom. The normalized spacial score (nSPS) is 23.7. The summed E-state index contributed by atoms with van der Waals surface area (Å²) in [5, 5.41) is 0. The lowest BCUT2D eigenvalue weighted by atomic mass is 10.0. The number of aromatic nitrogens is 2. The summed E-state index contributed by atoms with van der Waals surface area (Å²) in [6, 6.07) is 1.77. The van der Waals surface area contributed by atoms with Gasteiger partial charge in [-0.3, -0.25) is 9.36 Å². The molecule has 0 radical (unpaired) electrons. The number of rotatable bonds is 2. The van der Waals surface area contributed by atoms with Crippen LogP contribution in [0, 0.1) is 13.8 Å². The standard InChI is InChI=1S/C15H20N4O4/c1-10-6-11(2)19(13(21)16-10)7-12(20)18-5-4-15(9-18)8-17(3)14(22)23-15/h6H,4-5,7-9H2,1-3H3. The molecule has 23 heavy (non-hydrogen) atoms. The van der Waals surface area contributed by atoms with E-state index in [1.54, 1.807) is 31.9 Å². The second-order valence-electron chi connectivity index (χ2n) is 6.38. The molecule has 1 spiro atoms. The van der Waals surface area contributed by atoms with Crippen LogP contribution in [-0.2, 0) is 16.1 Å². The van der Waals surface area contributed by atoms with Crippen LogP contribution in [0.25, 0.3) is 0 Å². The third-order valence-corrected chi connectivity index (χ3v) is 4.45. The molecule has 2 aliphatic rings. The molecular weight excluding hydrogens is 300 g/mol. The van der Waals surface area contributed by atoms with Gasteiger partial charge in [0.2, 0.25) is 5.91 Å². The smallest absolute Gasteiger partial charge is 0.410 e. The molecule has 1 aromatic rings. The second kappa shape index (κ2) is 5.36. The minimum absolute atomic E-state index is 0.0438. The summed E-state index contributed by atoms with van der Waals surface area (Å²) in [4.78, 5) is 43.1. The number of hydrogen-bond acceptors (Lipinski definition) is 5. The summed E-state index contributed by atoms with van der Waals surface area (Å²) < 4.78 is 6.80. The molecule has 124 valence electrons. The molecule has 2 amide bonds. The van der Waals surface area contributed by atoms with E-state index in [4.69, 9.17) is 4.74 Å². The number of amides is 2. The molecule has 1 unspecified atom stereocenters. The molecule has 0 saturated carbocycles. The highest BCUT2D eigenvalue weighted by molar-refractivity contribution is 5.77. The van der Waals surface area contributed by atoms with E-state index in [1.165, 1.54) is 9.47 Å². The molecule has 0 N–H and O–H groups in total. The van der Waals surface area contributed by atoms with Gasteiger partial charge in [-0.05, 0) is 19.9 Å². The van der Waals surface area contributed by atoms with E-state index in [0.29, 0.717) is 37.4 Å². The van der Waals surface area contributed by atoms with Crippen LogP contribution in [0.1, 0.15) is 17.8 Å². The lowest BCUT2D eigenvalue weighted by Gasteiger charge is -2.22. The summed E-state index contributed by atoms with van der Waals surface area (Å²) in [5.41, 5.74) is 0.318.